The van der Waals surface area contributed by atoms with Crippen molar-refractivity contribution in [3.05, 3.63) is 83.6 Å². The van der Waals surface area contributed by atoms with E-state index in [1.807, 2.05) is 60.8 Å². The molecule has 0 aliphatic rings. The van der Waals surface area contributed by atoms with E-state index in [1.165, 1.54) is 0 Å². The van der Waals surface area contributed by atoms with Crippen molar-refractivity contribution in [1.29, 1.82) is 0 Å². The topological polar surface area (TPSA) is 92.8 Å². The number of nitrogens with one attached hydrogen (secondary N) is 2. The molecule has 3 aromatic carbocycles. The van der Waals surface area contributed by atoms with Gasteiger partial charge in [-0.15, -0.1) is 0 Å². The van der Waals surface area contributed by atoms with Crippen molar-refractivity contribution < 1.29 is 24.1 Å². The Balaban J connectivity index is 1.60. The van der Waals surface area contributed by atoms with E-state index in [-0.39, 0.29) is 12.5 Å². The lowest BCUT2D eigenvalue weighted by Crippen LogP contribution is -2.39. The van der Waals surface area contributed by atoms with Gasteiger partial charge in [-0.1, -0.05) is 30.3 Å². The Labute approximate surface area is 217 Å². The maximum atomic E-state index is 13.4. The number of para-hydroxylation sites is 1. The highest BCUT2D eigenvalue weighted by Crippen LogP contribution is 2.33. The Hall–Kier alpha value is -3.81. The van der Waals surface area contributed by atoms with Crippen molar-refractivity contribution in [3.63, 3.8) is 0 Å². The summed E-state index contributed by atoms with van der Waals surface area (Å²) >= 11 is 0. The second-order valence-corrected chi connectivity index (χ2v) is 9.00. The fourth-order valence-corrected chi connectivity index (χ4v) is 4.57. The Morgan fingerprint density at radius 1 is 0.973 bits per heavy atom. The highest BCUT2D eigenvalue weighted by Gasteiger charge is 2.18. The summed E-state index contributed by atoms with van der Waals surface area (Å²) in [6.45, 7) is 0.473. The van der Waals surface area contributed by atoms with Crippen molar-refractivity contribution in [1.82, 2.24) is 10.3 Å². The largest absolute Gasteiger partial charge is 0.493 e. The van der Waals surface area contributed by atoms with Gasteiger partial charge in [0, 0.05) is 36.4 Å². The zero-order valence-electron chi connectivity index (χ0n) is 21.5. The molecule has 0 unspecified atom stereocenters. The van der Waals surface area contributed by atoms with E-state index >= 15 is 0 Å². The fraction of sp³-hybridized carbons (Fsp3) is 0.300. The van der Waals surface area contributed by atoms with Gasteiger partial charge in [-0.2, -0.15) is 0 Å². The van der Waals surface area contributed by atoms with Gasteiger partial charge in [-0.05, 0) is 71.8 Å². The molecule has 0 aliphatic carbocycles. The number of aliphatic hydroxyl groups is 1. The first-order chi connectivity index (χ1) is 18.1. The van der Waals surface area contributed by atoms with Crippen LogP contribution in [-0.2, 0) is 17.6 Å². The number of H-pyrrole nitrogens is 1. The lowest BCUT2D eigenvalue weighted by atomic mass is 9.96. The van der Waals surface area contributed by atoms with E-state index in [4.69, 9.17) is 14.2 Å². The van der Waals surface area contributed by atoms with Crippen molar-refractivity contribution in [2.24, 2.45) is 0 Å². The number of aryl methyl sites for hydroxylation is 1. The molecule has 4 rings (SSSR count). The molecule has 1 heterocycles. The number of hydrogen-bond acceptors (Lipinski definition) is 5. The number of aromatic nitrogens is 1. The summed E-state index contributed by atoms with van der Waals surface area (Å²) in [7, 11) is 4.89. The van der Waals surface area contributed by atoms with E-state index in [0.717, 1.165) is 46.0 Å². The van der Waals surface area contributed by atoms with Gasteiger partial charge < -0.3 is 29.6 Å². The summed E-state index contributed by atoms with van der Waals surface area (Å²) in [4.78, 5) is 16.6. The van der Waals surface area contributed by atoms with Crippen LogP contribution in [-0.4, -0.2) is 56.6 Å². The molecular weight excluding hydrogens is 468 g/mol. The molecule has 0 fully saturated rings. The van der Waals surface area contributed by atoms with Gasteiger partial charge in [-0.25, -0.2) is 0 Å². The van der Waals surface area contributed by atoms with Gasteiger partial charge >= 0.3 is 0 Å². The summed E-state index contributed by atoms with van der Waals surface area (Å²) < 4.78 is 16.1. The Kier molecular flexibility index (Phi) is 8.82. The number of methoxy groups -OCH3 is 3. The molecule has 1 amide bonds. The maximum absolute atomic E-state index is 13.4. The van der Waals surface area contributed by atoms with E-state index in [0.29, 0.717) is 30.1 Å². The summed E-state index contributed by atoms with van der Waals surface area (Å²) in [5.41, 5.74) is 5.47. The lowest BCUT2D eigenvalue weighted by Gasteiger charge is -2.17. The maximum Gasteiger partial charge on any atom is 0.251 e. The standard InChI is InChI=1S/C30H34N2O5/c1-35-12-6-7-20-13-22(21-10-11-28(36-2)29(17-21)37-3)15-23(14-20)30(34)32-25(19-33)16-24-18-31-27-9-5-4-8-26(24)27/h4-5,8-11,13-15,17-18,25,31,33H,6-7,12,16,19H2,1-3H3,(H,32,34)/t25-/m1/s1. The van der Waals surface area contributed by atoms with Crippen molar-refractivity contribution in [2.45, 2.75) is 25.3 Å². The van der Waals surface area contributed by atoms with Gasteiger partial charge in [-0.3, -0.25) is 4.79 Å². The molecule has 0 radical (unpaired) electrons. The van der Waals surface area contributed by atoms with Gasteiger partial charge in [0.15, 0.2) is 11.5 Å². The Morgan fingerprint density at radius 3 is 2.54 bits per heavy atom. The first kappa shape index (κ1) is 26.3. The smallest absolute Gasteiger partial charge is 0.251 e. The summed E-state index contributed by atoms with van der Waals surface area (Å²) in [5, 5.41) is 14.2. The molecule has 1 atom stereocenters. The molecule has 0 saturated heterocycles. The zero-order valence-corrected chi connectivity index (χ0v) is 21.5. The number of hydrogen-bond donors (Lipinski definition) is 3. The minimum atomic E-state index is -0.423. The van der Waals surface area contributed by atoms with Crippen LogP contribution in [0.15, 0.2) is 66.9 Å². The number of rotatable bonds is 12. The average Bonchev–Trinajstić information content (AvgIpc) is 3.34. The second-order valence-electron chi connectivity index (χ2n) is 9.00. The molecule has 4 aromatic rings. The second kappa shape index (κ2) is 12.4. The minimum absolute atomic E-state index is 0.165. The van der Waals surface area contributed by atoms with Crippen LogP contribution in [0, 0.1) is 0 Å². The monoisotopic (exact) mass is 502 g/mol. The average molecular weight is 503 g/mol. The van der Waals surface area contributed by atoms with Gasteiger partial charge in [0.2, 0.25) is 0 Å². The molecule has 3 N–H and O–H groups in total. The number of fused-ring (bicyclic) bond motifs is 1. The number of aromatic amines is 1. The number of carbonyl (C=O) groups is 1. The van der Waals surface area contributed by atoms with Crippen LogP contribution in [0.25, 0.3) is 22.0 Å². The minimum Gasteiger partial charge on any atom is -0.493 e. The molecule has 1 aromatic heterocycles. The van der Waals surface area contributed by atoms with E-state index < -0.39 is 6.04 Å². The van der Waals surface area contributed by atoms with Crippen molar-refractivity contribution in [3.8, 4) is 22.6 Å². The van der Waals surface area contributed by atoms with Gasteiger partial charge in [0.05, 0.1) is 26.9 Å². The Bertz CT molecular complexity index is 1350. The molecule has 7 heteroatoms. The number of aliphatic hydroxyl groups excluding tert-OH is 1. The van der Waals surface area contributed by atoms with Crippen LogP contribution in [0.5, 0.6) is 11.5 Å². The molecule has 7 nitrogen and oxygen atoms in total. The summed E-state index contributed by atoms with van der Waals surface area (Å²) in [6, 6.07) is 19.2. The summed E-state index contributed by atoms with van der Waals surface area (Å²) in [6.07, 6.45) is 4.06. The van der Waals surface area contributed by atoms with Crippen molar-refractivity contribution in [2.75, 3.05) is 34.5 Å². The highest BCUT2D eigenvalue weighted by atomic mass is 16.5. The number of amides is 1. The quantitative estimate of drug-likeness (QED) is 0.243. The van der Waals surface area contributed by atoms with Crippen LogP contribution < -0.4 is 14.8 Å². The molecule has 194 valence electrons. The SMILES string of the molecule is COCCCc1cc(C(=O)N[C@@H](CO)Cc2c[nH]c3ccccc23)cc(-c2ccc(OC)c(OC)c2)c1. The van der Waals surface area contributed by atoms with Crippen molar-refractivity contribution >= 4 is 16.8 Å². The van der Waals surface area contributed by atoms with Crippen LogP contribution in [0.2, 0.25) is 0 Å². The van der Waals surface area contributed by atoms with Crippen LogP contribution in [0.4, 0.5) is 0 Å². The third kappa shape index (κ3) is 6.31. The van der Waals surface area contributed by atoms with Gasteiger partial charge in [0.1, 0.15) is 0 Å². The summed E-state index contributed by atoms with van der Waals surface area (Å²) in [5.74, 6) is 1.03. The van der Waals surface area contributed by atoms with Crippen LogP contribution in [0.3, 0.4) is 0 Å². The molecule has 0 aliphatic heterocycles. The third-order valence-corrected chi connectivity index (χ3v) is 6.48. The normalized spacial score (nSPS) is 11.9. The lowest BCUT2D eigenvalue weighted by molar-refractivity contribution is 0.0916. The molecule has 0 saturated carbocycles. The number of ether oxygens (including phenoxy) is 3. The van der Waals surface area contributed by atoms with Crippen LogP contribution in [0.1, 0.15) is 27.9 Å². The first-order valence-corrected chi connectivity index (χ1v) is 12.4. The third-order valence-electron chi connectivity index (χ3n) is 6.48. The highest BCUT2D eigenvalue weighted by molar-refractivity contribution is 5.96. The Morgan fingerprint density at radius 2 is 1.78 bits per heavy atom. The van der Waals surface area contributed by atoms with E-state index in [9.17, 15) is 9.90 Å². The first-order valence-electron chi connectivity index (χ1n) is 12.4. The number of carbonyl (C=O) groups excluding carboxylic acids is 1. The molecular formula is C30H34N2O5. The van der Waals surface area contributed by atoms with E-state index in [1.54, 1.807) is 21.3 Å². The predicted molar refractivity (Wildman–Crippen MR) is 146 cm³/mol. The fourth-order valence-electron chi connectivity index (χ4n) is 4.57. The van der Waals surface area contributed by atoms with E-state index in [2.05, 4.69) is 16.4 Å². The number of benzene rings is 3. The van der Waals surface area contributed by atoms with Gasteiger partial charge in [0.25, 0.3) is 5.91 Å². The molecule has 37 heavy (non-hydrogen) atoms. The zero-order chi connectivity index (χ0) is 26.2. The predicted octanol–water partition coefficient (Wildman–Crippen LogP) is 4.76. The molecule has 0 bridgehead atoms. The molecule has 0 spiro atoms. The van der Waals surface area contributed by atoms with Crippen LogP contribution >= 0.6 is 0 Å².